The number of carbonyl (C=O) groups excluding carboxylic acids is 2. The number of nitrogens with zero attached hydrogens (tertiary/aromatic N) is 4. The summed E-state index contributed by atoms with van der Waals surface area (Å²) in [6, 6.07) is 7.50. The van der Waals surface area contributed by atoms with Crippen molar-refractivity contribution in [2.45, 2.75) is 0 Å². The maximum absolute atomic E-state index is 12.7. The lowest BCUT2D eigenvalue weighted by Gasteiger charge is -2.32. The standard InChI is InChI=1S/C22H29N5O3S/c1-25-8-10-27(11-9-25)22(29)18-4-2-17(3-5-18)21-24-19(16-31-21)20(28)23-6-7-26-12-14-30-15-13-26/h2-5,16H,6-15H2,1H3,(H,23,28). The second-order valence-corrected chi connectivity index (χ2v) is 8.78. The SMILES string of the molecule is CN1CCN(C(=O)c2ccc(-c3nc(C(=O)NCCN4CCOCC4)cs3)cc2)CC1. The van der Waals surface area contributed by atoms with E-state index in [1.165, 1.54) is 11.3 Å². The monoisotopic (exact) mass is 443 g/mol. The summed E-state index contributed by atoms with van der Waals surface area (Å²) in [5.41, 5.74) is 2.03. The molecule has 2 fully saturated rings. The van der Waals surface area contributed by atoms with Gasteiger partial charge in [0.25, 0.3) is 11.8 Å². The van der Waals surface area contributed by atoms with Crippen LogP contribution in [0.4, 0.5) is 0 Å². The Bertz CT molecular complexity index is 887. The quantitative estimate of drug-likeness (QED) is 0.724. The van der Waals surface area contributed by atoms with Gasteiger partial charge in [0.2, 0.25) is 0 Å². The van der Waals surface area contributed by atoms with E-state index in [1.807, 2.05) is 29.2 Å². The Morgan fingerprint density at radius 3 is 2.48 bits per heavy atom. The molecule has 9 heteroatoms. The van der Waals surface area contributed by atoms with Gasteiger partial charge in [-0.3, -0.25) is 14.5 Å². The van der Waals surface area contributed by atoms with Crippen LogP contribution >= 0.6 is 11.3 Å². The third-order valence-electron chi connectivity index (χ3n) is 5.72. The second kappa shape index (κ2) is 10.3. The van der Waals surface area contributed by atoms with E-state index < -0.39 is 0 Å². The molecular formula is C22H29N5O3S. The number of carbonyl (C=O) groups is 2. The first-order chi connectivity index (χ1) is 15.1. The van der Waals surface area contributed by atoms with Gasteiger partial charge in [-0.2, -0.15) is 0 Å². The lowest BCUT2D eigenvalue weighted by Crippen LogP contribution is -2.47. The van der Waals surface area contributed by atoms with Crippen LogP contribution in [0.25, 0.3) is 10.6 Å². The molecule has 0 unspecified atom stereocenters. The molecule has 0 atom stereocenters. The molecule has 0 bridgehead atoms. The molecule has 0 aliphatic carbocycles. The largest absolute Gasteiger partial charge is 0.379 e. The number of hydrogen-bond donors (Lipinski definition) is 1. The summed E-state index contributed by atoms with van der Waals surface area (Å²) in [4.78, 5) is 36.0. The highest BCUT2D eigenvalue weighted by Gasteiger charge is 2.20. The minimum Gasteiger partial charge on any atom is -0.379 e. The molecule has 8 nitrogen and oxygen atoms in total. The number of ether oxygens (including phenoxy) is 1. The molecule has 1 N–H and O–H groups in total. The average Bonchev–Trinajstić information content (AvgIpc) is 3.30. The molecule has 2 amide bonds. The lowest BCUT2D eigenvalue weighted by molar-refractivity contribution is 0.0383. The van der Waals surface area contributed by atoms with E-state index in [2.05, 4.69) is 27.1 Å². The Kier molecular flexibility index (Phi) is 7.29. The minimum absolute atomic E-state index is 0.0686. The molecule has 2 aliphatic heterocycles. The molecule has 3 heterocycles. The van der Waals surface area contributed by atoms with E-state index >= 15 is 0 Å². The molecule has 2 aromatic rings. The van der Waals surface area contributed by atoms with E-state index in [-0.39, 0.29) is 11.8 Å². The Morgan fingerprint density at radius 2 is 1.77 bits per heavy atom. The lowest BCUT2D eigenvalue weighted by atomic mass is 10.1. The maximum atomic E-state index is 12.7. The molecule has 1 aromatic heterocycles. The fraction of sp³-hybridized carbons (Fsp3) is 0.500. The summed E-state index contributed by atoms with van der Waals surface area (Å²) in [7, 11) is 2.07. The Labute approximate surface area is 186 Å². The zero-order valence-electron chi connectivity index (χ0n) is 17.9. The Hall–Kier alpha value is -2.33. The van der Waals surface area contributed by atoms with Crippen molar-refractivity contribution in [1.82, 2.24) is 25.0 Å². The molecule has 4 rings (SSSR count). The van der Waals surface area contributed by atoms with E-state index in [0.29, 0.717) is 17.8 Å². The van der Waals surface area contributed by atoms with Gasteiger partial charge in [-0.05, 0) is 19.2 Å². The number of amides is 2. The number of nitrogens with one attached hydrogen (secondary N) is 1. The van der Waals surface area contributed by atoms with Crippen molar-refractivity contribution in [1.29, 1.82) is 0 Å². The smallest absolute Gasteiger partial charge is 0.270 e. The van der Waals surface area contributed by atoms with Crippen molar-refractivity contribution in [2.24, 2.45) is 0 Å². The molecule has 31 heavy (non-hydrogen) atoms. The van der Waals surface area contributed by atoms with Gasteiger partial charge in [0, 0.05) is 68.9 Å². The van der Waals surface area contributed by atoms with E-state index in [1.54, 1.807) is 5.38 Å². The summed E-state index contributed by atoms with van der Waals surface area (Å²) in [5, 5.41) is 5.50. The van der Waals surface area contributed by atoms with Gasteiger partial charge in [-0.25, -0.2) is 4.98 Å². The van der Waals surface area contributed by atoms with E-state index in [9.17, 15) is 9.59 Å². The van der Waals surface area contributed by atoms with Crippen molar-refractivity contribution < 1.29 is 14.3 Å². The molecule has 0 radical (unpaired) electrons. The third-order valence-corrected chi connectivity index (χ3v) is 6.61. The fourth-order valence-electron chi connectivity index (χ4n) is 3.70. The van der Waals surface area contributed by atoms with Gasteiger partial charge in [0.15, 0.2) is 0 Å². The van der Waals surface area contributed by atoms with Gasteiger partial charge >= 0.3 is 0 Å². The molecule has 1 aromatic carbocycles. The van der Waals surface area contributed by atoms with Gasteiger partial charge < -0.3 is 19.9 Å². The van der Waals surface area contributed by atoms with Gasteiger partial charge in [0.1, 0.15) is 10.7 Å². The Morgan fingerprint density at radius 1 is 1.06 bits per heavy atom. The van der Waals surface area contributed by atoms with Crippen LogP contribution in [0.2, 0.25) is 0 Å². The molecule has 2 saturated heterocycles. The third kappa shape index (κ3) is 5.68. The average molecular weight is 444 g/mol. The second-order valence-electron chi connectivity index (χ2n) is 7.92. The predicted molar refractivity (Wildman–Crippen MR) is 121 cm³/mol. The number of piperazine rings is 1. The normalized spacial score (nSPS) is 18.2. The Balaban J connectivity index is 1.31. The molecule has 166 valence electrons. The first kappa shape index (κ1) is 21.9. The van der Waals surface area contributed by atoms with Crippen LogP contribution in [0.5, 0.6) is 0 Å². The first-order valence-corrected chi connectivity index (χ1v) is 11.6. The maximum Gasteiger partial charge on any atom is 0.270 e. The number of likely N-dealkylation sites (N-methyl/N-ethyl adjacent to an activating group) is 1. The van der Waals surface area contributed by atoms with Crippen molar-refractivity contribution in [3.8, 4) is 10.6 Å². The van der Waals surface area contributed by atoms with Crippen LogP contribution in [-0.2, 0) is 4.74 Å². The molecular weight excluding hydrogens is 414 g/mol. The van der Waals surface area contributed by atoms with Crippen LogP contribution in [0.15, 0.2) is 29.6 Å². The van der Waals surface area contributed by atoms with Crippen LogP contribution in [0, 0.1) is 0 Å². The van der Waals surface area contributed by atoms with E-state index in [0.717, 1.165) is 69.6 Å². The highest BCUT2D eigenvalue weighted by molar-refractivity contribution is 7.13. The summed E-state index contributed by atoms with van der Waals surface area (Å²) >= 11 is 1.44. The summed E-state index contributed by atoms with van der Waals surface area (Å²) in [5.74, 6) is -0.0863. The van der Waals surface area contributed by atoms with Gasteiger partial charge in [-0.15, -0.1) is 11.3 Å². The van der Waals surface area contributed by atoms with Crippen LogP contribution in [0.1, 0.15) is 20.8 Å². The number of aromatic nitrogens is 1. The van der Waals surface area contributed by atoms with Crippen molar-refractivity contribution in [3.05, 3.63) is 40.9 Å². The number of morpholine rings is 1. The molecule has 0 spiro atoms. The van der Waals surface area contributed by atoms with Crippen LogP contribution in [0.3, 0.4) is 0 Å². The summed E-state index contributed by atoms with van der Waals surface area (Å²) in [6.45, 7) is 8.05. The van der Waals surface area contributed by atoms with Crippen molar-refractivity contribution in [2.75, 3.05) is 72.6 Å². The topological polar surface area (TPSA) is 78.0 Å². The first-order valence-electron chi connectivity index (χ1n) is 10.7. The number of thiazole rings is 1. The summed E-state index contributed by atoms with van der Waals surface area (Å²) in [6.07, 6.45) is 0. The fourth-order valence-corrected chi connectivity index (χ4v) is 4.51. The van der Waals surface area contributed by atoms with Crippen LogP contribution < -0.4 is 5.32 Å². The molecule has 0 saturated carbocycles. The highest BCUT2D eigenvalue weighted by Crippen LogP contribution is 2.24. The summed E-state index contributed by atoms with van der Waals surface area (Å²) < 4.78 is 5.34. The highest BCUT2D eigenvalue weighted by atomic mass is 32.1. The number of benzene rings is 1. The number of hydrogen-bond acceptors (Lipinski definition) is 7. The van der Waals surface area contributed by atoms with E-state index in [4.69, 9.17) is 4.74 Å². The predicted octanol–water partition coefficient (Wildman–Crippen LogP) is 1.26. The van der Waals surface area contributed by atoms with Crippen molar-refractivity contribution in [3.63, 3.8) is 0 Å². The van der Waals surface area contributed by atoms with Crippen molar-refractivity contribution >= 4 is 23.2 Å². The molecule has 2 aliphatic rings. The van der Waals surface area contributed by atoms with Gasteiger partial charge in [0.05, 0.1) is 13.2 Å². The minimum atomic E-state index is -0.155. The number of rotatable bonds is 6. The zero-order chi connectivity index (χ0) is 21.6. The van der Waals surface area contributed by atoms with Gasteiger partial charge in [-0.1, -0.05) is 12.1 Å². The van der Waals surface area contributed by atoms with Crippen LogP contribution in [-0.4, -0.2) is 104 Å². The zero-order valence-corrected chi connectivity index (χ0v) is 18.7.